The molecule has 0 N–H and O–H groups in total. The number of nitrogens with zero attached hydrogens (tertiary/aromatic N) is 2. The summed E-state index contributed by atoms with van der Waals surface area (Å²) in [5, 5.41) is 7.20. The summed E-state index contributed by atoms with van der Waals surface area (Å²) in [6.07, 6.45) is 5.17. The average Bonchev–Trinajstić information content (AvgIpc) is 3.39. The molecule has 0 aliphatic carbocycles. The van der Waals surface area contributed by atoms with Crippen molar-refractivity contribution in [2.24, 2.45) is 5.10 Å². The van der Waals surface area contributed by atoms with Gasteiger partial charge in [-0.3, -0.25) is 0 Å². The van der Waals surface area contributed by atoms with E-state index in [2.05, 4.69) is 52.1 Å². The summed E-state index contributed by atoms with van der Waals surface area (Å²) in [5.41, 5.74) is 4.20. The van der Waals surface area contributed by atoms with E-state index in [4.69, 9.17) is 24.0 Å². The fraction of sp³-hybridized carbons (Fsp3) is 0.406. The molecule has 5 rings (SSSR count). The van der Waals surface area contributed by atoms with Crippen LogP contribution in [0.4, 0.5) is 0 Å². The van der Waals surface area contributed by atoms with Crippen molar-refractivity contribution in [2.45, 2.75) is 71.2 Å². The summed E-state index contributed by atoms with van der Waals surface area (Å²) in [6, 6.07) is 20.5. The van der Waals surface area contributed by atoms with Crippen LogP contribution in [0.15, 0.2) is 70.2 Å². The number of fused-ring (bicyclic) bond motifs is 3. The van der Waals surface area contributed by atoms with Crippen molar-refractivity contribution in [1.29, 1.82) is 0 Å². The van der Waals surface area contributed by atoms with E-state index in [-0.39, 0.29) is 12.1 Å². The monoisotopic (exact) mass is 592 g/mol. The molecule has 0 fully saturated rings. The normalized spacial score (nSPS) is 17.8. The summed E-state index contributed by atoms with van der Waals surface area (Å²) >= 11 is 3.64. The number of methoxy groups -OCH3 is 1. The number of unbranched alkanes of at least 4 members (excludes halogenated alkanes) is 3. The topological polar surface area (TPSA) is 52.5 Å². The third kappa shape index (κ3) is 6.19. The summed E-state index contributed by atoms with van der Waals surface area (Å²) in [5.74, 6) is 3.19. The molecule has 0 aromatic heterocycles. The Labute approximate surface area is 240 Å². The lowest BCUT2D eigenvalue weighted by Crippen LogP contribution is -2.33. The van der Waals surface area contributed by atoms with Crippen LogP contribution in [0.25, 0.3) is 0 Å². The van der Waals surface area contributed by atoms with Crippen molar-refractivity contribution in [2.75, 3.05) is 13.7 Å². The Hall–Kier alpha value is -3.19. The van der Waals surface area contributed by atoms with Crippen molar-refractivity contribution in [1.82, 2.24) is 5.01 Å². The highest BCUT2D eigenvalue weighted by atomic mass is 79.9. The summed E-state index contributed by atoms with van der Waals surface area (Å²) in [4.78, 5) is 0. The van der Waals surface area contributed by atoms with E-state index in [1.807, 2.05) is 50.2 Å². The molecule has 3 aromatic rings. The van der Waals surface area contributed by atoms with Crippen LogP contribution in [-0.4, -0.2) is 30.5 Å². The van der Waals surface area contributed by atoms with Gasteiger partial charge in [-0.15, -0.1) is 0 Å². The number of hydrogen-bond donors (Lipinski definition) is 0. The van der Waals surface area contributed by atoms with Crippen molar-refractivity contribution in [3.8, 4) is 23.0 Å². The molecule has 0 spiro atoms. The predicted molar refractivity (Wildman–Crippen MR) is 158 cm³/mol. The fourth-order valence-electron chi connectivity index (χ4n) is 5.12. The van der Waals surface area contributed by atoms with E-state index in [0.29, 0.717) is 12.4 Å². The standard InChI is InChI=1S/C32H37BrN2O4/c1-5-6-7-8-17-37-30-15-11-23(18-31(30)36-4)32-35-28(26-19-24(33)12-16-29(26)39-32)20-27(34-35)22-9-13-25(14-10-22)38-21(2)3/h9-16,18-19,21,28,32H,5-8,17,20H2,1-4H3/t28-,32+/m1/s1. The van der Waals surface area contributed by atoms with Crippen LogP contribution in [0.5, 0.6) is 23.0 Å². The lowest BCUT2D eigenvalue weighted by Gasteiger charge is -2.38. The zero-order valence-electron chi connectivity index (χ0n) is 23.2. The molecule has 2 aliphatic rings. The molecule has 7 heteroatoms. The summed E-state index contributed by atoms with van der Waals surface area (Å²) in [7, 11) is 1.68. The van der Waals surface area contributed by atoms with Crippen LogP contribution >= 0.6 is 15.9 Å². The minimum Gasteiger partial charge on any atom is -0.493 e. The molecule has 6 nitrogen and oxygen atoms in total. The molecule has 0 unspecified atom stereocenters. The Morgan fingerprint density at radius 2 is 1.82 bits per heavy atom. The van der Waals surface area contributed by atoms with Crippen LogP contribution in [0.3, 0.4) is 0 Å². The fourth-order valence-corrected chi connectivity index (χ4v) is 5.50. The van der Waals surface area contributed by atoms with Crippen molar-refractivity contribution >= 4 is 21.6 Å². The smallest absolute Gasteiger partial charge is 0.214 e. The Balaban J connectivity index is 1.43. The molecular formula is C32H37BrN2O4. The molecule has 39 heavy (non-hydrogen) atoms. The first kappa shape index (κ1) is 27.4. The van der Waals surface area contributed by atoms with Crippen LogP contribution in [0.2, 0.25) is 0 Å². The van der Waals surface area contributed by atoms with Crippen molar-refractivity contribution < 1.29 is 18.9 Å². The van der Waals surface area contributed by atoms with E-state index in [9.17, 15) is 0 Å². The minimum atomic E-state index is -0.391. The first-order valence-corrected chi connectivity index (χ1v) is 14.7. The Kier molecular flexibility index (Phi) is 8.66. The van der Waals surface area contributed by atoms with E-state index in [1.54, 1.807) is 7.11 Å². The van der Waals surface area contributed by atoms with Gasteiger partial charge in [-0.25, -0.2) is 5.01 Å². The molecule has 0 bridgehead atoms. The molecule has 206 valence electrons. The largest absolute Gasteiger partial charge is 0.493 e. The summed E-state index contributed by atoms with van der Waals surface area (Å²) < 4.78 is 25.2. The number of benzene rings is 3. The maximum absolute atomic E-state index is 6.58. The molecule has 0 saturated heterocycles. The molecule has 0 radical (unpaired) electrons. The second-order valence-corrected chi connectivity index (χ2v) is 11.2. The molecule has 2 heterocycles. The number of hydrazone groups is 1. The highest BCUT2D eigenvalue weighted by Gasteiger charge is 2.41. The quantitative estimate of drug-likeness (QED) is 0.209. The SMILES string of the molecule is CCCCCCOc1ccc([C@@H]2Oc3ccc(Br)cc3[C@H]3CC(c4ccc(OC(C)C)cc4)=NN32)cc1OC. The van der Waals surface area contributed by atoms with Gasteiger partial charge in [0.05, 0.1) is 31.6 Å². The summed E-state index contributed by atoms with van der Waals surface area (Å²) in [6.45, 7) is 6.96. The third-order valence-electron chi connectivity index (χ3n) is 7.04. The van der Waals surface area contributed by atoms with Gasteiger partial charge >= 0.3 is 0 Å². The van der Waals surface area contributed by atoms with Crippen LogP contribution < -0.4 is 18.9 Å². The number of halogens is 1. The van der Waals surface area contributed by atoms with Gasteiger partial charge in [0.25, 0.3) is 0 Å². The van der Waals surface area contributed by atoms with E-state index >= 15 is 0 Å². The maximum Gasteiger partial charge on any atom is 0.214 e. The van der Waals surface area contributed by atoms with Gasteiger partial charge in [0.15, 0.2) is 11.5 Å². The van der Waals surface area contributed by atoms with Crippen LogP contribution in [0.1, 0.15) is 81.8 Å². The number of rotatable bonds is 11. The minimum absolute atomic E-state index is 0.0540. The lowest BCUT2D eigenvalue weighted by atomic mass is 9.96. The van der Waals surface area contributed by atoms with Gasteiger partial charge in [-0.05, 0) is 86.5 Å². The average molecular weight is 594 g/mol. The van der Waals surface area contributed by atoms with E-state index in [1.165, 1.54) is 19.3 Å². The zero-order valence-corrected chi connectivity index (χ0v) is 24.7. The Morgan fingerprint density at radius 3 is 2.56 bits per heavy atom. The van der Waals surface area contributed by atoms with Crippen molar-refractivity contribution in [3.05, 3.63) is 81.8 Å². The van der Waals surface area contributed by atoms with Gasteiger partial charge in [-0.1, -0.05) is 42.1 Å². The van der Waals surface area contributed by atoms with Crippen LogP contribution in [0, 0.1) is 0 Å². The molecule has 2 atom stereocenters. The predicted octanol–water partition coefficient (Wildman–Crippen LogP) is 8.45. The second-order valence-electron chi connectivity index (χ2n) is 10.3. The number of ether oxygens (including phenoxy) is 4. The first-order chi connectivity index (χ1) is 19.0. The molecule has 3 aromatic carbocycles. The molecule has 0 amide bonds. The molecule has 2 aliphatic heterocycles. The van der Waals surface area contributed by atoms with Gasteiger partial charge in [0.2, 0.25) is 6.23 Å². The highest BCUT2D eigenvalue weighted by Crippen LogP contribution is 2.49. The van der Waals surface area contributed by atoms with Gasteiger partial charge < -0.3 is 18.9 Å². The Bertz CT molecular complexity index is 1310. The lowest BCUT2D eigenvalue weighted by molar-refractivity contribution is -0.0192. The van der Waals surface area contributed by atoms with Gasteiger partial charge in [-0.2, -0.15) is 5.10 Å². The van der Waals surface area contributed by atoms with Gasteiger partial charge in [0.1, 0.15) is 11.5 Å². The van der Waals surface area contributed by atoms with Gasteiger partial charge in [0, 0.05) is 22.0 Å². The second kappa shape index (κ2) is 12.3. The highest BCUT2D eigenvalue weighted by molar-refractivity contribution is 9.10. The van der Waals surface area contributed by atoms with E-state index < -0.39 is 6.23 Å². The molecular weight excluding hydrogens is 556 g/mol. The third-order valence-corrected chi connectivity index (χ3v) is 7.53. The first-order valence-electron chi connectivity index (χ1n) is 13.9. The van der Waals surface area contributed by atoms with Crippen LogP contribution in [-0.2, 0) is 0 Å². The maximum atomic E-state index is 6.58. The Morgan fingerprint density at radius 1 is 1.00 bits per heavy atom. The number of hydrogen-bond acceptors (Lipinski definition) is 6. The van der Waals surface area contributed by atoms with E-state index in [0.717, 1.165) is 57.0 Å². The molecule has 0 saturated carbocycles. The van der Waals surface area contributed by atoms with Crippen molar-refractivity contribution in [3.63, 3.8) is 0 Å². The zero-order chi connectivity index (χ0) is 27.4.